The highest BCUT2D eigenvalue weighted by atomic mass is 79.9. The van der Waals surface area contributed by atoms with Crippen molar-refractivity contribution in [3.8, 4) is 11.5 Å². The molecular weight excluding hydrogens is 450 g/mol. The summed E-state index contributed by atoms with van der Waals surface area (Å²) in [6.07, 6.45) is 1.43. The Morgan fingerprint density at radius 1 is 1.33 bits per heavy atom. The number of carbonyl (C=O) groups is 1. The fourth-order valence-corrected chi connectivity index (χ4v) is 3.89. The number of halogens is 1. The van der Waals surface area contributed by atoms with Gasteiger partial charge in [0.15, 0.2) is 11.5 Å². The number of hydrogen-bond donors (Lipinski definition) is 3. The molecule has 4 rings (SSSR count). The molecule has 1 aliphatic rings. The van der Waals surface area contributed by atoms with Crippen LogP contribution in [0.1, 0.15) is 25.5 Å². The molecule has 1 aliphatic heterocycles. The third kappa shape index (κ3) is 3.63. The van der Waals surface area contributed by atoms with Gasteiger partial charge in [0.05, 0.1) is 16.7 Å². The normalized spacial score (nSPS) is 15.4. The fraction of sp³-hybridized carbons (Fsp3) is 0.190. The van der Waals surface area contributed by atoms with Crippen molar-refractivity contribution in [2.75, 3.05) is 17.2 Å². The number of carbonyl (C=O) groups excluding carboxylic acids is 1. The Kier molecular flexibility index (Phi) is 5.45. The van der Waals surface area contributed by atoms with Gasteiger partial charge in [-0.25, -0.2) is 4.68 Å². The maximum atomic E-state index is 13.3. The summed E-state index contributed by atoms with van der Waals surface area (Å²) in [5.74, 6) is 0.585. The number of ether oxygens (including phenoxy) is 1. The van der Waals surface area contributed by atoms with E-state index in [2.05, 4.69) is 36.6 Å². The SMILES string of the molecule is CCOc1cc([C@@H]2C(C(=O)Nc3ccccc3)=C(C)Nc3ncnn32)cc(Br)c1O. The average molecular weight is 470 g/mol. The molecule has 8 nitrogen and oxygen atoms in total. The van der Waals surface area contributed by atoms with Crippen LogP contribution in [0.25, 0.3) is 0 Å². The predicted molar refractivity (Wildman–Crippen MR) is 117 cm³/mol. The number of aromatic nitrogens is 3. The lowest BCUT2D eigenvalue weighted by molar-refractivity contribution is -0.113. The number of nitrogens with zero attached hydrogens (tertiary/aromatic N) is 3. The quantitative estimate of drug-likeness (QED) is 0.520. The zero-order valence-electron chi connectivity index (χ0n) is 16.4. The topological polar surface area (TPSA) is 101 Å². The molecule has 9 heteroatoms. The number of allylic oxidation sites excluding steroid dienone is 1. The molecule has 0 fully saturated rings. The Labute approximate surface area is 181 Å². The molecule has 1 amide bonds. The largest absolute Gasteiger partial charge is 0.503 e. The van der Waals surface area contributed by atoms with Gasteiger partial charge in [0.2, 0.25) is 5.95 Å². The van der Waals surface area contributed by atoms with Gasteiger partial charge in [-0.1, -0.05) is 18.2 Å². The Hall–Kier alpha value is -3.33. The number of benzene rings is 2. The van der Waals surface area contributed by atoms with E-state index in [-0.39, 0.29) is 11.7 Å². The van der Waals surface area contributed by atoms with Crippen LogP contribution in [0.2, 0.25) is 0 Å². The molecule has 0 saturated carbocycles. The minimum Gasteiger partial charge on any atom is -0.503 e. The summed E-state index contributed by atoms with van der Waals surface area (Å²) in [5.41, 5.74) is 2.55. The van der Waals surface area contributed by atoms with Crippen molar-refractivity contribution in [2.45, 2.75) is 19.9 Å². The first-order chi connectivity index (χ1) is 14.5. The Morgan fingerprint density at radius 2 is 2.10 bits per heavy atom. The molecule has 3 N–H and O–H groups in total. The van der Waals surface area contributed by atoms with Crippen molar-refractivity contribution in [2.24, 2.45) is 0 Å². The van der Waals surface area contributed by atoms with Gasteiger partial charge in [-0.05, 0) is 59.6 Å². The van der Waals surface area contributed by atoms with Gasteiger partial charge in [0, 0.05) is 11.4 Å². The van der Waals surface area contributed by atoms with E-state index in [0.29, 0.717) is 45.3 Å². The minimum atomic E-state index is -0.566. The zero-order valence-corrected chi connectivity index (χ0v) is 18.0. The monoisotopic (exact) mass is 469 g/mol. The molecule has 3 aromatic rings. The van der Waals surface area contributed by atoms with Gasteiger partial charge in [-0.15, -0.1) is 0 Å². The second kappa shape index (κ2) is 8.19. The van der Waals surface area contributed by atoms with Crippen molar-refractivity contribution in [3.63, 3.8) is 0 Å². The summed E-state index contributed by atoms with van der Waals surface area (Å²) in [6.45, 7) is 4.05. The van der Waals surface area contributed by atoms with Gasteiger partial charge in [0.25, 0.3) is 5.91 Å². The Bertz CT molecular complexity index is 1130. The molecular formula is C21H20BrN5O3. The molecule has 1 aromatic heterocycles. The number of aromatic hydroxyl groups is 1. The second-order valence-electron chi connectivity index (χ2n) is 6.70. The summed E-state index contributed by atoms with van der Waals surface area (Å²) in [4.78, 5) is 17.5. The number of phenolic OH excluding ortho intramolecular Hbond substituents is 1. The Morgan fingerprint density at radius 3 is 2.83 bits per heavy atom. The van der Waals surface area contributed by atoms with Crippen molar-refractivity contribution >= 4 is 33.5 Å². The highest BCUT2D eigenvalue weighted by Crippen LogP contribution is 2.42. The zero-order chi connectivity index (χ0) is 21.3. The van der Waals surface area contributed by atoms with Crippen LogP contribution in [0, 0.1) is 0 Å². The average Bonchev–Trinajstić information content (AvgIpc) is 3.19. The molecule has 30 heavy (non-hydrogen) atoms. The van der Waals surface area contributed by atoms with Crippen LogP contribution in [-0.4, -0.2) is 32.4 Å². The van der Waals surface area contributed by atoms with Crippen LogP contribution in [-0.2, 0) is 4.79 Å². The lowest BCUT2D eigenvalue weighted by atomic mass is 9.94. The van der Waals surface area contributed by atoms with Crippen LogP contribution < -0.4 is 15.4 Å². The van der Waals surface area contributed by atoms with Crippen molar-refractivity contribution < 1.29 is 14.6 Å². The highest BCUT2D eigenvalue weighted by molar-refractivity contribution is 9.10. The van der Waals surface area contributed by atoms with Gasteiger partial charge >= 0.3 is 0 Å². The molecule has 0 spiro atoms. The minimum absolute atomic E-state index is 0.00402. The van der Waals surface area contributed by atoms with Crippen LogP contribution in [0.15, 0.2) is 64.5 Å². The molecule has 1 atom stereocenters. The summed E-state index contributed by atoms with van der Waals surface area (Å²) in [7, 11) is 0. The molecule has 0 aliphatic carbocycles. The molecule has 0 bridgehead atoms. The smallest absolute Gasteiger partial charge is 0.255 e. The number of nitrogens with one attached hydrogen (secondary N) is 2. The number of hydrogen-bond acceptors (Lipinski definition) is 6. The van der Waals surface area contributed by atoms with E-state index in [9.17, 15) is 9.90 Å². The second-order valence-corrected chi connectivity index (χ2v) is 7.55. The fourth-order valence-electron chi connectivity index (χ4n) is 3.43. The van der Waals surface area contributed by atoms with Crippen molar-refractivity contribution in [3.05, 3.63) is 70.1 Å². The number of para-hydroxylation sites is 1. The van der Waals surface area contributed by atoms with E-state index in [0.717, 1.165) is 0 Å². The molecule has 154 valence electrons. The molecule has 0 saturated heterocycles. The number of rotatable bonds is 5. The number of fused-ring (bicyclic) bond motifs is 1. The molecule has 0 unspecified atom stereocenters. The van der Waals surface area contributed by atoms with Gasteiger partial charge < -0.3 is 20.5 Å². The van der Waals surface area contributed by atoms with Crippen molar-refractivity contribution in [1.82, 2.24) is 14.8 Å². The molecule has 0 radical (unpaired) electrons. The number of amides is 1. The Balaban J connectivity index is 1.82. The number of anilines is 2. The standard InChI is InChI=1S/C21H20BrN5O3/c1-3-30-16-10-13(9-15(22)19(16)28)18-17(12(2)25-21-23-11-24-27(18)21)20(29)26-14-7-5-4-6-8-14/h4-11,18,28H,3H2,1-2H3,(H,26,29)(H,23,24,25)/t18-/m1/s1. The van der Waals surface area contributed by atoms with E-state index in [1.54, 1.807) is 16.8 Å². The van der Waals surface area contributed by atoms with Crippen LogP contribution in [0.5, 0.6) is 11.5 Å². The summed E-state index contributed by atoms with van der Waals surface area (Å²) in [6, 6.07) is 12.1. The van der Waals surface area contributed by atoms with Gasteiger partial charge in [-0.3, -0.25) is 4.79 Å². The van der Waals surface area contributed by atoms with Crippen LogP contribution in [0.3, 0.4) is 0 Å². The first kappa shape index (κ1) is 20.0. The van der Waals surface area contributed by atoms with E-state index < -0.39 is 6.04 Å². The first-order valence-corrected chi connectivity index (χ1v) is 10.2. The third-order valence-corrected chi connectivity index (χ3v) is 5.34. The summed E-state index contributed by atoms with van der Waals surface area (Å²) in [5, 5.41) is 20.7. The maximum absolute atomic E-state index is 13.3. The van der Waals surface area contributed by atoms with E-state index in [4.69, 9.17) is 4.74 Å². The third-order valence-electron chi connectivity index (χ3n) is 4.74. The van der Waals surface area contributed by atoms with Gasteiger partial charge in [0.1, 0.15) is 12.4 Å². The van der Waals surface area contributed by atoms with Crippen LogP contribution in [0.4, 0.5) is 11.6 Å². The van der Waals surface area contributed by atoms with E-state index in [1.165, 1.54) is 6.33 Å². The van der Waals surface area contributed by atoms with Crippen LogP contribution >= 0.6 is 15.9 Å². The maximum Gasteiger partial charge on any atom is 0.255 e. The first-order valence-electron chi connectivity index (χ1n) is 9.38. The van der Waals surface area contributed by atoms with E-state index >= 15 is 0 Å². The summed E-state index contributed by atoms with van der Waals surface area (Å²) >= 11 is 3.38. The lowest BCUT2D eigenvalue weighted by Gasteiger charge is -2.29. The number of phenols is 1. The molecule has 2 aromatic carbocycles. The lowest BCUT2D eigenvalue weighted by Crippen LogP contribution is -2.31. The van der Waals surface area contributed by atoms with Crippen molar-refractivity contribution in [1.29, 1.82) is 0 Å². The highest BCUT2D eigenvalue weighted by Gasteiger charge is 2.34. The van der Waals surface area contributed by atoms with E-state index in [1.807, 2.05) is 44.2 Å². The summed E-state index contributed by atoms with van der Waals surface area (Å²) < 4.78 is 7.68. The van der Waals surface area contributed by atoms with Gasteiger partial charge in [-0.2, -0.15) is 10.1 Å². The molecule has 2 heterocycles. The predicted octanol–water partition coefficient (Wildman–Crippen LogP) is 4.07.